The Morgan fingerprint density at radius 3 is 1.90 bits per heavy atom. The highest BCUT2D eigenvalue weighted by Crippen LogP contribution is 2.01. The lowest BCUT2D eigenvalue weighted by molar-refractivity contribution is -0.153. The van der Waals surface area contributed by atoms with Crippen molar-refractivity contribution in [1.82, 2.24) is 10.6 Å². The molecule has 9 heteroatoms. The Hall–Kier alpha value is -1.65. The van der Waals surface area contributed by atoms with Crippen LogP contribution in [-0.2, 0) is 28.7 Å². The molecule has 0 atom stereocenters. The largest absolute Gasteiger partial charge is 0.462 e. The van der Waals surface area contributed by atoms with Gasteiger partial charge in [-0.25, -0.2) is 0 Å². The van der Waals surface area contributed by atoms with E-state index < -0.39 is 11.9 Å². The second-order valence-electron chi connectivity index (χ2n) is 6.27. The molecule has 0 saturated heterocycles. The van der Waals surface area contributed by atoms with Crippen LogP contribution in [0.3, 0.4) is 0 Å². The number of allylic oxidation sites excluding steroid dienone is 1. The summed E-state index contributed by atoms with van der Waals surface area (Å²) in [5, 5.41) is 5.41. The van der Waals surface area contributed by atoms with Crippen LogP contribution in [0.1, 0.15) is 58.3 Å². The summed E-state index contributed by atoms with van der Waals surface area (Å²) in [5.41, 5.74) is 0. The van der Waals surface area contributed by atoms with Crippen molar-refractivity contribution in [2.45, 2.75) is 58.3 Å². The number of esters is 2. The van der Waals surface area contributed by atoms with Crippen molar-refractivity contribution in [1.29, 1.82) is 0 Å². The maximum Gasteiger partial charge on any atom is 0.306 e. The smallest absolute Gasteiger partial charge is 0.306 e. The average molecular weight is 524 g/mol. The molecule has 0 fully saturated rings. The van der Waals surface area contributed by atoms with E-state index in [2.05, 4.69) is 33.2 Å². The lowest BCUT2D eigenvalue weighted by atomic mass is 10.2. The molecule has 166 valence electrons. The zero-order valence-corrected chi connectivity index (χ0v) is 19.3. The number of amides is 2. The SMILES string of the molecule is C/C=C/CNC(=O)CCC(=O)OCCOC(=O)CCC(=O)NCCCCCCI. The summed E-state index contributed by atoms with van der Waals surface area (Å²) in [4.78, 5) is 46.2. The molecule has 8 nitrogen and oxygen atoms in total. The van der Waals surface area contributed by atoms with E-state index in [0.717, 1.165) is 17.3 Å². The van der Waals surface area contributed by atoms with E-state index in [4.69, 9.17) is 9.47 Å². The van der Waals surface area contributed by atoms with Gasteiger partial charge in [0.1, 0.15) is 13.2 Å². The minimum atomic E-state index is -0.528. The van der Waals surface area contributed by atoms with E-state index in [1.807, 2.05) is 13.0 Å². The fourth-order valence-corrected chi connectivity index (χ4v) is 2.69. The van der Waals surface area contributed by atoms with Crippen LogP contribution in [0.2, 0.25) is 0 Å². The van der Waals surface area contributed by atoms with Crippen LogP contribution < -0.4 is 10.6 Å². The maximum atomic E-state index is 11.6. The molecule has 0 aromatic rings. The average Bonchev–Trinajstić information content (AvgIpc) is 2.71. The standard InChI is InChI=1S/C20H33IN2O6/c1-2-3-13-22-17(24)8-10-19(26)28-15-16-29-20(27)11-9-18(25)23-14-7-5-4-6-12-21/h2-3H,4-16H2,1H3,(H,22,24)(H,23,25)/b3-2+. The van der Waals surface area contributed by atoms with Crippen LogP contribution in [0.25, 0.3) is 0 Å². The van der Waals surface area contributed by atoms with Gasteiger partial charge in [0, 0.05) is 25.9 Å². The van der Waals surface area contributed by atoms with Gasteiger partial charge < -0.3 is 20.1 Å². The predicted molar refractivity (Wildman–Crippen MR) is 119 cm³/mol. The molecule has 0 aliphatic rings. The Morgan fingerprint density at radius 1 is 0.793 bits per heavy atom. The Balaban J connectivity index is 3.59. The zero-order valence-electron chi connectivity index (χ0n) is 17.2. The molecule has 0 aromatic heterocycles. The molecule has 0 heterocycles. The van der Waals surface area contributed by atoms with Crippen molar-refractivity contribution < 1.29 is 28.7 Å². The highest BCUT2D eigenvalue weighted by molar-refractivity contribution is 14.1. The first-order valence-corrected chi connectivity index (χ1v) is 11.5. The van der Waals surface area contributed by atoms with Crippen molar-refractivity contribution in [3.8, 4) is 0 Å². The van der Waals surface area contributed by atoms with Crippen molar-refractivity contribution >= 4 is 46.3 Å². The summed E-state index contributed by atoms with van der Waals surface area (Å²) in [6, 6.07) is 0. The molecule has 0 aromatic carbocycles. The molecule has 0 aliphatic carbocycles. The molecule has 0 saturated carbocycles. The van der Waals surface area contributed by atoms with Gasteiger partial charge in [-0.3, -0.25) is 19.2 Å². The normalized spacial score (nSPS) is 10.6. The van der Waals surface area contributed by atoms with Crippen LogP contribution in [0.5, 0.6) is 0 Å². The van der Waals surface area contributed by atoms with Gasteiger partial charge in [-0.05, 0) is 24.2 Å². The number of halogens is 1. The van der Waals surface area contributed by atoms with Crippen molar-refractivity contribution in [2.75, 3.05) is 30.7 Å². The molecule has 2 N–H and O–H groups in total. The first-order chi connectivity index (χ1) is 14.0. The van der Waals surface area contributed by atoms with Gasteiger partial charge in [-0.15, -0.1) is 0 Å². The third-order valence-electron chi connectivity index (χ3n) is 3.76. The van der Waals surface area contributed by atoms with Crippen molar-refractivity contribution in [3.63, 3.8) is 0 Å². The summed E-state index contributed by atoms with van der Waals surface area (Å²) >= 11 is 2.35. The Morgan fingerprint density at radius 2 is 1.34 bits per heavy atom. The Kier molecular flexibility index (Phi) is 18.5. The van der Waals surface area contributed by atoms with Crippen LogP contribution in [0.15, 0.2) is 12.2 Å². The number of carbonyl (C=O) groups is 4. The third-order valence-corrected chi connectivity index (χ3v) is 4.52. The van der Waals surface area contributed by atoms with E-state index in [1.165, 1.54) is 12.8 Å². The van der Waals surface area contributed by atoms with E-state index in [0.29, 0.717) is 13.1 Å². The number of alkyl halides is 1. The van der Waals surface area contributed by atoms with E-state index in [1.54, 1.807) is 6.08 Å². The second kappa shape index (κ2) is 19.7. The molecule has 29 heavy (non-hydrogen) atoms. The molecular formula is C20H33IN2O6. The van der Waals surface area contributed by atoms with Gasteiger partial charge in [-0.2, -0.15) is 0 Å². The van der Waals surface area contributed by atoms with Crippen molar-refractivity contribution in [3.05, 3.63) is 12.2 Å². The van der Waals surface area contributed by atoms with Gasteiger partial charge >= 0.3 is 11.9 Å². The monoisotopic (exact) mass is 524 g/mol. The van der Waals surface area contributed by atoms with E-state index in [-0.39, 0.29) is 50.7 Å². The quantitative estimate of drug-likeness (QED) is 0.0995. The topological polar surface area (TPSA) is 111 Å². The number of nitrogens with one attached hydrogen (secondary N) is 2. The third kappa shape index (κ3) is 19.4. The number of carbonyl (C=O) groups excluding carboxylic acids is 4. The van der Waals surface area contributed by atoms with Gasteiger partial charge in [0.2, 0.25) is 11.8 Å². The minimum Gasteiger partial charge on any atom is -0.462 e. The zero-order chi connectivity index (χ0) is 21.7. The second-order valence-corrected chi connectivity index (χ2v) is 7.35. The van der Waals surface area contributed by atoms with Crippen molar-refractivity contribution in [2.24, 2.45) is 0 Å². The highest BCUT2D eigenvalue weighted by atomic mass is 127. The molecule has 2 amide bonds. The van der Waals surface area contributed by atoms with Crippen LogP contribution in [-0.4, -0.2) is 54.5 Å². The number of rotatable bonds is 17. The van der Waals surface area contributed by atoms with Crippen LogP contribution in [0, 0.1) is 0 Å². The van der Waals surface area contributed by atoms with Crippen LogP contribution in [0.4, 0.5) is 0 Å². The van der Waals surface area contributed by atoms with Crippen LogP contribution >= 0.6 is 22.6 Å². The van der Waals surface area contributed by atoms with Gasteiger partial charge in [0.15, 0.2) is 0 Å². The lowest BCUT2D eigenvalue weighted by Crippen LogP contribution is -2.25. The maximum absolute atomic E-state index is 11.6. The first kappa shape index (κ1) is 27.4. The van der Waals surface area contributed by atoms with E-state index in [9.17, 15) is 19.2 Å². The fraction of sp³-hybridized carbons (Fsp3) is 0.700. The van der Waals surface area contributed by atoms with Gasteiger partial charge in [0.05, 0.1) is 12.8 Å². The molecule has 0 unspecified atom stereocenters. The highest BCUT2D eigenvalue weighted by Gasteiger charge is 2.10. The summed E-state index contributed by atoms with van der Waals surface area (Å²) in [6.07, 6.45) is 8.08. The Labute approximate surface area is 186 Å². The molecular weight excluding hydrogens is 491 g/mol. The summed E-state index contributed by atoms with van der Waals surface area (Å²) in [7, 11) is 0. The van der Waals surface area contributed by atoms with Gasteiger partial charge in [-0.1, -0.05) is 47.6 Å². The predicted octanol–water partition coefficient (Wildman–Crippen LogP) is 2.44. The van der Waals surface area contributed by atoms with Gasteiger partial charge in [0.25, 0.3) is 0 Å². The number of hydrogen-bond donors (Lipinski definition) is 2. The Bertz CT molecular complexity index is 525. The molecule has 0 rings (SSSR count). The summed E-state index contributed by atoms with van der Waals surface area (Å²) < 4.78 is 11.0. The number of ether oxygens (including phenoxy) is 2. The summed E-state index contributed by atoms with van der Waals surface area (Å²) in [6.45, 7) is 2.75. The molecule has 0 bridgehead atoms. The summed E-state index contributed by atoms with van der Waals surface area (Å²) in [5.74, 6) is -1.44. The number of hydrogen-bond acceptors (Lipinski definition) is 6. The molecule has 0 spiro atoms. The first-order valence-electron chi connectivity index (χ1n) is 10.0. The lowest BCUT2D eigenvalue weighted by Gasteiger charge is -2.07. The number of unbranched alkanes of at least 4 members (excludes halogenated alkanes) is 3. The molecule has 0 radical (unpaired) electrons. The minimum absolute atomic E-state index is 0.0129. The van der Waals surface area contributed by atoms with E-state index >= 15 is 0 Å². The molecule has 0 aliphatic heterocycles. The fourth-order valence-electron chi connectivity index (χ4n) is 2.15.